The van der Waals surface area contributed by atoms with Crippen molar-refractivity contribution in [2.24, 2.45) is 0 Å². The van der Waals surface area contributed by atoms with Crippen molar-refractivity contribution < 1.29 is 4.57 Å². The highest BCUT2D eigenvalue weighted by Crippen LogP contribution is 2.24. The first kappa shape index (κ1) is 18.8. The molecule has 0 saturated heterocycles. The van der Waals surface area contributed by atoms with Gasteiger partial charge in [-0.1, -0.05) is 91.0 Å². The third kappa shape index (κ3) is 4.38. The lowest BCUT2D eigenvalue weighted by molar-refractivity contribution is -0.688. The van der Waals surface area contributed by atoms with Gasteiger partial charge in [-0.3, -0.25) is 0 Å². The topological polar surface area (TPSA) is 42.5 Å². The van der Waals surface area contributed by atoms with Gasteiger partial charge >= 0.3 is 0 Å². The third-order valence-corrected chi connectivity index (χ3v) is 5.05. The number of rotatable bonds is 5. The number of aromatic nitrogens is 4. The van der Waals surface area contributed by atoms with Crippen LogP contribution in [0.15, 0.2) is 116 Å². The smallest absolute Gasteiger partial charge is 0.173 e. The van der Waals surface area contributed by atoms with Gasteiger partial charge in [-0.2, -0.15) is 0 Å². The van der Waals surface area contributed by atoms with Crippen LogP contribution in [0.3, 0.4) is 0 Å². The highest BCUT2D eigenvalue weighted by Gasteiger charge is 2.12. The van der Waals surface area contributed by atoms with Crippen molar-refractivity contribution in [3.63, 3.8) is 0 Å². The molecule has 0 aliphatic carbocycles. The summed E-state index contributed by atoms with van der Waals surface area (Å²) in [5.74, 6) is 2.02. The van der Waals surface area contributed by atoms with Crippen molar-refractivity contribution in [3.8, 4) is 34.2 Å². The molecule has 0 fully saturated rings. The number of hydrogen-bond donors (Lipinski definition) is 0. The molecule has 2 aromatic heterocycles. The monoisotopic (exact) mass is 401 g/mol. The van der Waals surface area contributed by atoms with E-state index in [1.807, 2.05) is 78.9 Å². The van der Waals surface area contributed by atoms with E-state index in [1.165, 1.54) is 5.56 Å². The van der Waals surface area contributed by atoms with Gasteiger partial charge in [0, 0.05) is 34.4 Å². The van der Waals surface area contributed by atoms with Gasteiger partial charge in [0.05, 0.1) is 0 Å². The van der Waals surface area contributed by atoms with E-state index in [9.17, 15) is 0 Å². The molecule has 4 heteroatoms. The van der Waals surface area contributed by atoms with Crippen LogP contribution in [0.5, 0.6) is 0 Å². The first-order chi connectivity index (χ1) is 15.3. The van der Waals surface area contributed by atoms with Crippen molar-refractivity contribution in [3.05, 3.63) is 121 Å². The summed E-state index contributed by atoms with van der Waals surface area (Å²) in [5.41, 5.74) is 4.14. The van der Waals surface area contributed by atoms with Gasteiger partial charge in [0.25, 0.3) is 0 Å². The Morgan fingerprint density at radius 3 is 1.35 bits per heavy atom. The molecule has 0 aliphatic rings. The number of pyridine rings is 1. The highest BCUT2D eigenvalue weighted by molar-refractivity contribution is 5.66. The van der Waals surface area contributed by atoms with E-state index in [0.717, 1.165) is 23.2 Å². The molecule has 0 atom stereocenters. The van der Waals surface area contributed by atoms with Crippen molar-refractivity contribution in [1.29, 1.82) is 0 Å². The van der Waals surface area contributed by atoms with E-state index in [-0.39, 0.29) is 0 Å². The Morgan fingerprint density at radius 2 is 0.871 bits per heavy atom. The highest BCUT2D eigenvalue weighted by atomic mass is 15.0. The van der Waals surface area contributed by atoms with Crippen molar-refractivity contribution in [2.75, 3.05) is 0 Å². The molecule has 31 heavy (non-hydrogen) atoms. The first-order valence-electron chi connectivity index (χ1n) is 10.3. The van der Waals surface area contributed by atoms with E-state index in [4.69, 9.17) is 15.0 Å². The fourth-order valence-corrected chi connectivity index (χ4v) is 3.45. The molecule has 3 aromatic carbocycles. The van der Waals surface area contributed by atoms with Gasteiger partial charge in [0.2, 0.25) is 0 Å². The maximum Gasteiger partial charge on any atom is 0.173 e. The molecular formula is C27H21N4+. The van der Waals surface area contributed by atoms with Crippen molar-refractivity contribution in [1.82, 2.24) is 15.0 Å². The van der Waals surface area contributed by atoms with Crippen LogP contribution < -0.4 is 4.57 Å². The molecule has 0 radical (unpaired) electrons. The fourth-order valence-electron chi connectivity index (χ4n) is 3.45. The van der Waals surface area contributed by atoms with Crippen LogP contribution in [-0.4, -0.2) is 15.0 Å². The largest absolute Gasteiger partial charge is 0.208 e. The van der Waals surface area contributed by atoms with E-state index in [2.05, 4.69) is 41.2 Å². The van der Waals surface area contributed by atoms with Gasteiger partial charge in [-0.15, -0.1) is 0 Å². The lowest BCUT2D eigenvalue weighted by Crippen LogP contribution is -2.32. The third-order valence-electron chi connectivity index (χ3n) is 5.05. The average Bonchev–Trinajstić information content (AvgIpc) is 2.86. The lowest BCUT2D eigenvalue weighted by Gasteiger charge is -2.08. The maximum absolute atomic E-state index is 4.79. The summed E-state index contributed by atoms with van der Waals surface area (Å²) in [6.45, 7) is 0.822. The minimum absolute atomic E-state index is 0.673. The standard InChI is InChI=1S/C27H21N4/c1-4-10-22(11-5-1)25-28-26(23-12-6-2-7-13-23)30-27(29-25)24-16-14-21(15-17-24)20-31-18-8-3-9-19-31/h1-19H,20H2/q+1. The van der Waals surface area contributed by atoms with E-state index < -0.39 is 0 Å². The van der Waals surface area contributed by atoms with Crippen LogP contribution in [0, 0.1) is 0 Å². The second kappa shape index (κ2) is 8.67. The number of benzene rings is 3. The van der Waals surface area contributed by atoms with Gasteiger partial charge < -0.3 is 0 Å². The molecule has 0 spiro atoms. The Labute approximate surface area is 181 Å². The van der Waals surface area contributed by atoms with Gasteiger partial charge in [0.15, 0.2) is 36.4 Å². The molecule has 148 valence electrons. The molecule has 2 heterocycles. The zero-order valence-corrected chi connectivity index (χ0v) is 17.0. The van der Waals surface area contributed by atoms with Crippen LogP contribution in [-0.2, 0) is 6.54 Å². The zero-order valence-electron chi connectivity index (χ0n) is 17.0. The van der Waals surface area contributed by atoms with Gasteiger partial charge in [0.1, 0.15) is 0 Å². The van der Waals surface area contributed by atoms with Crippen LogP contribution in [0.25, 0.3) is 34.2 Å². The van der Waals surface area contributed by atoms with Crippen LogP contribution >= 0.6 is 0 Å². The maximum atomic E-state index is 4.79. The second-order valence-electron chi connectivity index (χ2n) is 7.28. The Balaban J connectivity index is 1.53. The summed E-state index contributed by atoms with van der Waals surface area (Å²) in [6, 6.07) is 34.6. The predicted molar refractivity (Wildman–Crippen MR) is 122 cm³/mol. The van der Waals surface area contributed by atoms with Crippen LogP contribution in [0.1, 0.15) is 5.56 Å². The number of hydrogen-bond acceptors (Lipinski definition) is 3. The van der Waals surface area contributed by atoms with E-state index in [0.29, 0.717) is 17.5 Å². The van der Waals surface area contributed by atoms with Crippen molar-refractivity contribution >= 4 is 0 Å². The minimum Gasteiger partial charge on any atom is -0.208 e. The molecule has 0 saturated carbocycles. The Kier molecular flexibility index (Phi) is 5.27. The van der Waals surface area contributed by atoms with Crippen LogP contribution in [0.2, 0.25) is 0 Å². The average molecular weight is 401 g/mol. The van der Waals surface area contributed by atoms with E-state index in [1.54, 1.807) is 0 Å². The Bertz CT molecular complexity index is 1210. The molecule has 0 N–H and O–H groups in total. The normalized spacial score (nSPS) is 10.7. The SMILES string of the molecule is c1ccc(-c2nc(-c3ccccc3)nc(-c3ccc(C[n+]4ccccc4)cc3)n2)cc1. The Hall–Kier alpha value is -4.18. The fraction of sp³-hybridized carbons (Fsp3) is 0.0370. The molecule has 0 amide bonds. The molecular weight excluding hydrogens is 380 g/mol. The number of nitrogens with zero attached hydrogens (tertiary/aromatic N) is 4. The predicted octanol–water partition coefficient (Wildman–Crippen LogP) is 5.21. The first-order valence-corrected chi connectivity index (χ1v) is 10.3. The summed E-state index contributed by atoms with van der Waals surface area (Å²) in [7, 11) is 0. The molecule has 5 rings (SSSR count). The minimum atomic E-state index is 0.673. The summed E-state index contributed by atoms with van der Waals surface area (Å²) in [4.78, 5) is 14.3. The molecule has 0 aliphatic heterocycles. The van der Waals surface area contributed by atoms with Crippen molar-refractivity contribution in [2.45, 2.75) is 6.54 Å². The van der Waals surface area contributed by atoms with Gasteiger partial charge in [-0.25, -0.2) is 19.5 Å². The molecule has 0 unspecified atom stereocenters. The summed E-state index contributed by atoms with van der Waals surface area (Å²) < 4.78 is 2.15. The molecule has 4 nitrogen and oxygen atoms in total. The quantitative estimate of drug-likeness (QED) is 0.380. The summed E-state index contributed by atoms with van der Waals surface area (Å²) in [5, 5.41) is 0. The van der Waals surface area contributed by atoms with Crippen LogP contribution in [0.4, 0.5) is 0 Å². The Morgan fingerprint density at radius 1 is 0.452 bits per heavy atom. The molecule has 5 aromatic rings. The zero-order chi connectivity index (χ0) is 20.9. The molecule has 0 bridgehead atoms. The van der Waals surface area contributed by atoms with E-state index >= 15 is 0 Å². The summed E-state index contributed by atoms with van der Waals surface area (Å²) in [6.07, 6.45) is 4.14. The lowest BCUT2D eigenvalue weighted by atomic mass is 10.1. The van der Waals surface area contributed by atoms with Gasteiger partial charge in [-0.05, 0) is 0 Å². The second-order valence-corrected chi connectivity index (χ2v) is 7.28. The summed E-state index contributed by atoms with van der Waals surface area (Å²) >= 11 is 0.